The molecular weight excluding hydrogens is 248 g/mol. The predicted molar refractivity (Wildman–Crippen MR) is 67.6 cm³/mol. The minimum atomic E-state index is -0.644. The Kier molecular flexibility index (Phi) is 3.70. The summed E-state index contributed by atoms with van der Waals surface area (Å²) in [4.78, 5) is 38.3. The van der Waals surface area contributed by atoms with E-state index >= 15 is 0 Å². The van der Waals surface area contributed by atoms with Gasteiger partial charge in [-0.05, 0) is 19.1 Å². The molecule has 98 valence electrons. The molecule has 1 aromatic heterocycles. The van der Waals surface area contributed by atoms with Gasteiger partial charge in [-0.25, -0.2) is 4.98 Å². The lowest BCUT2D eigenvalue weighted by Gasteiger charge is -2.06. The van der Waals surface area contributed by atoms with Gasteiger partial charge in [0.15, 0.2) is 5.78 Å². The zero-order valence-corrected chi connectivity index (χ0v) is 10.3. The Hall–Kier alpha value is -2.50. The number of Topliss-reactive ketones (excluding diaryl/α,β-unsaturated/α-hetero) is 1. The average molecular weight is 260 g/mol. The van der Waals surface area contributed by atoms with Crippen molar-refractivity contribution in [3.8, 4) is 0 Å². The minimum absolute atomic E-state index is 0.252. The Bertz CT molecular complexity index is 690. The number of nitrogens with zero attached hydrogens (tertiary/aromatic N) is 2. The first kappa shape index (κ1) is 12.9. The van der Waals surface area contributed by atoms with E-state index in [1.165, 1.54) is 13.3 Å². The van der Waals surface area contributed by atoms with Crippen molar-refractivity contribution in [3.05, 3.63) is 40.9 Å². The number of fused-ring (bicyclic) bond motifs is 1. The zero-order chi connectivity index (χ0) is 13.8. The van der Waals surface area contributed by atoms with Crippen molar-refractivity contribution in [2.45, 2.75) is 13.5 Å². The molecule has 6 nitrogen and oxygen atoms in total. The number of para-hydroxylation sites is 1. The van der Waals surface area contributed by atoms with Gasteiger partial charge in [-0.2, -0.15) is 0 Å². The van der Waals surface area contributed by atoms with Crippen molar-refractivity contribution in [2.24, 2.45) is 0 Å². The van der Waals surface area contributed by atoms with Crippen LogP contribution in [0.5, 0.6) is 0 Å². The Morgan fingerprint density at radius 1 is 1.32 bits per heavy atom. The molecule has 0 N–H and O–H groups in total. The van der Waals surface area contributed by atoms with E-state index in [-0.39, 0.29) is 24.5 Å². The number of esters is 1. The molecule has 2 rings (SSSR count). The molecule has 0 aliphatic rings. The summed E-state index contributed by atoms with van der Waals surface area (Å²) in [5.41, 5.74) is 0.256. The summed E-state index contributed by atoms with van der Waals surface area (Å²) in [6, 6.07) is 6.86. The van der Waals surface area contributed by atoms with E-state index in [0.717, 1.165) is 4.57 Å². The fourth-order valence-corrected chi connectivity index (χ4v) is 1.59. The maximum absolute atomic E-state index is 12.1. The highest BCUT2D eigenvalue weighted by Crippen LogP contribution is 2.04. The fraction of sp³-hybridized carbons (Fsp3) is 0.231. The van der Waals surface area contributed by atoms with Gasteiger partial charge >= 0.3 is 5.97 Å². The second kappa shape index (κ2) is 5.43. The van der Waals surface area contributed by atoms with E-state index in [1.54, 1.807) is 24.3 Å². The first-order valence-corrected chi connectivity index (χ1v) is 5.67. The lowest BCUT2D eigenvalue weighted by molar-refractivity contribution is -0.148. The lowest BCUT2D eigenvalue weighted by atomic mass is 10.2. The summed E-state index contributed by atoms with van der Waals surface area (Å²) >= 11 is 0. The Balaban J connectivity index is 2.22. The highest BCUT2D eigenvalue weighted by Gasteiger charge is 2.09. The molecule has 0 saturated heterocycles. The molecule has 0 saturated carbocycles. The van der Waals surface area contributed by atoms with E-state index in [1.807, 2.05) is 0 Å². The molecule has 0 spiro atoms. The van der Waals surface area contributed by atoms with Crippen molar-refractivity contribution in [1.29, 1.82) is 0 Å². The smallest absolute Gasteiger partial charge is 0.326 e. The fourth-order valence-electron chi connectivity index (χ4n) is 1.59. The summed E-state index contributed by atoms with van der Waals surface area (Å²) < 4.78 is 5.86. The molecule has 0 amide bonds. The normalized spacial score (nSPS) is 10.4. The van der Waals surface area contributed by atoms with Crippen molar-refractivity contribution in [2.75, 3.05) is 6.61 Å². The van der Waals surface area contributed by atoms with Gasteiger partial charge in [0.1, 0.15) is 13.2 Å². The van der Waals surface area contributed by atoms with Gasteiger partial charge in [0, 0.05) is 0 Å². The zero-order valence-electron chi connectivity index (χ0n) is 10.3. The molecule has 6 heteroatoms. The number of hydrogen-bond donors (Lipinski definition) is 0. The highest BCUT2D eigenvalue weighted by atomic mass is 16.5. The van der Waals surface area contributed by atoms with Gasteiger partial charge in [-0.3, -0.25) is 19.0 Å². The molecule has 0 radical (unpaired) electrons. The van der Waals surface area contributed by atoms with Crippen molar-refractivity contribution in [3.63, 3.8) is 0 Å². The first-order valence-electron chi connectivity index (χ1n) is 5.67. The highest BCUT2D eigenvalue weighted by molar-refractivity contribution is 5.80. The van der Waals surface area contributed by atoms with Gasteiger partial charge in [0.25, 0.3) is 5.56 Å². The monoisotopic (exact) mass is 260 g/mol. The largest absolute Gasteiger partial charge is 0.456 e. The molecule has 0 unspecified atom stereocenters. The molecule has 0 atom stereocenters. The first-order chi connectivity index (χ1) is 9.08. The van der Waals surface area contributed by atoms with Crippen LogP contribution in [0.25, 0.3) is 10.9 Å². The third kappa shape index (κ3) is 3.04. The van der Waals surface area contributed by atoms with E-state index in [0.29, 0.717) is 10.9 Å². The number of carbonyl (C=O) groups is 2. The van der Waals surface area contributed by atoms with Gasteiger partial charge in [0.05, 0.1) is 17.2 Å². The summed E-state index contributed by atoms with van der Waals surface area (Å²) in [7, 11) is 0. The Morgan fingerprint density at radius 2 is 2.05 bits per heavy atom. The van der Waals surface area contributed by atoms with Crippen LogP contribution in [0.4, 0.5) is 0 Å². The quantitative estimate of drug-likeness (QED) is 0.749. The minimum Gasteiger partial charge on any atom is -0.456 e. The maximum atomic E-state index is 12.1. The lowest BCUT2D eigenvalue weighted by Crippen LogP contribution is -2.26. The summed E-state index contributed by atoms with van der Waals surface area (Å²) in [6.45, 7) is 0.773. The topological polar surface area (TPSA) is 78.3 Å². The van der Waals surface area contributed by atoms with Crippen LogP contribution in [0.1, 0.15) is 6.92 Å². The second-order valence-electron chi connectivity index (χ2n) is 4.06. The number of aromatic nitrogens is 2. The van der Waals surface area contributed by atoms with Gasteiger partial charge in [0.2, 0.25) is 0 Å². The van der Waals surface area contributed by atoms with Crippen LogP contribution in [-0.4, -0.2) is 27.9 Å². The van der Waals surface area contributed by atoms with E-state index in [9.17, 15) is 14.4 Å². The van der Waals surface area contributed by atoms with Crippen LogP contribution in [0.15, 0.2) is 35.4 Å². The van der Waals surface area contributed by atoms with E-state index in [4.69, 9.17) is 4.74 Å². The predicted octanol–water partition coefficient (Wildman–Crippen LogP) is 0.529. The van der Waals surface area contributed by atoms with Crippen molar-refractivity contribution < 1.29 is 14.3 Å². The van der Waals surface area contributed by atoms with Gasteiger partial charge < -0.3 is 4.74 Å². The third-order valence-corrected chi connectivity index (χ3v) is 2.47. The van der Waals surface area contributed by atoms with Gasteiger partial charge in [-0.1, -0.05) is 12.1 Å². The van der Waals surface area contributed by atoms with Crippen molar-refractivity contribution in [1.82, 2.24) is 9.55 Å². The average Bonchev–Trinajstić information content (AvgIpc) is 2.40. The third-order valence-electron chi connectivity index (χ3n) is 2.47. The molecule has 0 aliphatic heterocycles. The molecule has 1 aromatic carbocycles. The molecule has 1 heterocycles. The number of ether oxygens (including phenoxy) is 1. The van der Waals surface area contributed by atoms with Crippen LogP contribution >= 0.6 is 0 Å². The summed E-state index contributed by atoms with van der Waals surface area (Å²) in [5, 5.41) is 0.435. The second-order valence-corrected chi connectivity index (χ2v) is 4.06. The van der Waals surface area contributed by atoms with E-state index in [2.05, 4.69) is 4.98 Å². The van der Waals surface area contributed by atoms with Crippen LogP contribution in [0.3, 0.4) is 0 Å². The summed E-state index contributed by atoms with van der Waals surface area (Å²) in [6.07, 6.45) is 1.29. The standard InChI is InChI=1S/C13H12N2O4/c1-9(16)7-19-12(17)6-15-8-14-11-5-3-2-4-10(11)13(15)18/h2-5,8H,6-7H2,1H3. The maximum Gasteiger partial charge on any atom is 0.326 e. The number of hydrogen-bond acceptors (Lipinski definition) is 5. The molecule has 2 aromatic rings. The number of carbonyl (C=O) groups excluding carboxylic acids is 2. The molecule has 0 bridgehead atoms. The van der Waals surface area contributed by atoms with Crippen molar-refractivity contribution >= 4 is 22.7 Å². The van der Waals surface area contributed by atoms with E-state index < -0.39 is 5.97 Å². The Labute approximate surface area is 108 Å². The number of rotatable bonds is 4. The SMILES string of the molecule is CC(=O)COC(=O)Cn1cnc2ccccc2c1=O. The molecular formula is C13H12N2O4. The van der Waals surface area contributed by atoms with Gasteiger partial charge in [-0.15, -0.1) is 0 Å². The summed E-state index contributed by atoms with van der Waals surface area (Å²) in [5.74, 6) is -0.897. The molecule has 0 fully saturated rings. The molecule has 0 aliphatic carbocycles. The molecule has 19 heavy (non-hydrogen) atoms. The van der Waals surface area contributed by atoms with Crippen LogP contribution < -0.4 is 5.56 Å². The van der Waals surface area contributed by atoms with Crippen LogP contribution in [-0.2, 0) is 20.9 Å². The van der Waals surface area contributed by atoms with Crippen LogP contribution in [0, 0.1) is 0 Å². The number of ketones is 1. The van der Waals surface area contributed by atoms with Crippen LogP contribution in [0.2, 0.25) is 0 Å². The number of benzene rings is 1. The Morgan fingerprint density at radius 3 is 2.79 bits per heavy atom.